The summed E-state index contributed by atoms with van der Waals surface area (Å²) in [4.78, 5) is 14.7. The van der Waals surface area contributed by atoms with Gasteiger partial charge in [0.1, 0.15) is 6.33 Å². The summed E-state index contributed by atoms with van der Waals surface area (Å²) in [5.74, 6) is 0. The lowest BCUT2D eigenvalue weighted by atomic mass is 10.0. The zero-order chi connectivity index (χ0) is 14.2. The monoisotopic (exact) mass is 281 g/mol. The molecule has 3 heterocycles. The van der Waals surface area contributed by atoms with E-state index >= 15 is 0 Å². The molecule has 6 heteroatoms. The first-order valence-electron chi connectivity index (χ1n) is 7.01. The number of nitrogens with zero attached hydrogens (tertiary/aromatic N) is 4. The molecule has 21 heavy (non-hydrogen) atoms. The fraction of sp³-hybridized carbons (Fsp3) is 0.267. The molecule has 0 amide bonds. The molecule has 106 valence electrons. The van der Waals surface area contributed by atoms with Crippen molar-refractivity contribution in [2.75, 3.05) is 6.54 Å². The quantitative estimate of drug-likeness (QED) is 0.760. The summed E-state index contributed by atoms with van der Waals surface area (Å²) in [6, 6.07) is 10.4. The average Bonchev–Trinajstić information content (AvgIpc) is 2.97. The first kappa shape index (κ1) is 12.3. The molecule has 0 atom stereocenters. The van der Waals surface area contributed by atoms with Crippen molar-refractivity contribution in [2.24, 2.45) is 0 Å². The van der Waals surface area contributed by atoms with Gasteiger partial charge >= 0.3 is 0 Å². The Balaban J connectivity index is 1.65. The number of hydrogen-bond donors (Lipinski definition) is 1. The van der Waals surface area contributed by atoms with Gasteiger partial charge in [0.15, 0.2) is 0 Å². The molecule has 0 unspecified atom stereocenters. The molecular formula is C15H15N5O. The second kappa shape index (κ2) is 4.82. The SMILES string of the molecule is O=c1c2c([nH]n3cnnc13)CN(Cc1ccccc1)CC2. The van der Waals surface area contributed by atoms with Crippen LogP contribution >= 0.6 is 0 Å². The van der Waals surface area contributed by atoms with E-state index in [9.17, 15) is 4.79 Å². The lowest BCUT2D eigenvalue weighted by Gasteiger charge is -2.28. The van der Waals surface area contributed by atoms with Crippen molar-refractivity contribution in [2.45, 2.75) is 19.5 Å². The van der Waals surface area contributed by atoms with Gasteiger partial charge in [-0.25, -0.2) is 4.52 Å². The number of benzene rings is 1. The average molecular weight is 281 g/mol. The Kier molecular flexibility index (Phi) is 2.82. The van der Waals surface area contributed by atoms with E-state index in [1.165, 1.54) is 11.9 Å². The van der Waals surface area contributed by atoms with Crippen molar-refractivity contribution in [1.82, 2.24) is 24.7 Å². The van der Waals surface area contributed by atoms with Crippen LogP contribution in [0.5, 0.6) is 0 Å². The summed E-state index contributed by atoms with van der Waals surface area (Å²) in [7, 11) is 0. The number of H-pyrrole nitrogens is 1. The van der Waals surface area contributed by atoms with Crippen molar-refractivity contribution in [3.8, 4) is 0 Å². The smallest absolute Gasteiger partial charge is 0.230 e. The van der Waals surface area contributed by atoms with Crippen molar-refractivity contribution < 1.29 is 0 Å². The van der Waals surface area contributed by atoms with E-state index in [0.717, 1.165) is 37.3 Å². The molecule has 0 spiro atoms. The third kappa shape index (κ3) is 2.13. The van der Waals surface area contributed by atoms with Gasteiger partial charge in [0.25, 0.3) is 0 Å². The highest BCUT2D eigenvalue weighted by atomic mass is 16.1. The Morgan fingerprint density at radius 1 is 1.24 bits per heavy atom. The fourth-order valence-corrected chi connectivity index (χ4v) is 2.90. The lowest BCUT2D eigenvalue weighted by Crippen LogP contribution is -2.35. The van der Waals surface area contributed by atoms with Crippen molar-refractivity contribution >= 4 is 5.65 Å². The van der Waals surface area contributed by atoms with E-state index in [-0.39, 0.29) is 5.43 Å². The molecule has 1 aliphatic heterocycles. The van der Waals surface area contributed by atoms with Crippen LogP contribution in [0.2, 0.25) is 0 Å². The molecule has 1 aliphatic rings. The van der Waals surface area contributed by atoms with Gasteiger partial charge in [0.2, 0.25) is 11.1 Å². The third-order valence-corrected chi connectivity index (χ3v) is 3.95. The van der Waals surface area contributed by atoms with Crippen LogP contribution < -0.4 is 5.43 Å². The lowest BCUT2D eigenvalue weighted by molar-refractivity contribution is 0.239. The number of fused-ring (bicyclic) bond motifs is 2. The Labute approximate surface area is 121 Å². The van der Waals surface area contributed by atoms with E-state index in [1.54, 1.807) is 4.52 Å². The summed E-state index contributed by atoms with van der Waals surface area (Å²) in [6.07, 6.45) is 2.29. The molecule has 1 N–H and O–H groups in total. The second-order valence-corrected chi connectivity index (χ2v) is 5.37. The molecule has 1 aromatic carbocycles. The standard InChI is InChI=1S/C15H15N5O/c21-14-12-6-7-19(8-11-4-2-1-3-5-11)9-13(12)18-20-10-16-17-15(14)20/h1-5,10,18H,6-9H2. The summed E-state index contributed by atoms with van der Waals surface area (Å²) in [5.41, 5.74) is 3.48. The molecule has 0 saturated heterocycles. The van der Waals surface area contributed by atoms with Crippen molar-refractivity contribution in [1.29, 1.82) is 0 Å². The predicted octanol–water partition coefficient (Wildman–Crippen LogP) is 0.976. The van der Waals surface area contributed by atoms with E-state index in [1.807, 2.05) is 6.07 Å². The van der Waals surface area contributed by atoms with Gasteiger partial charge in [-0.05, 0) is 12.0 Å². The van der Waals surface area contributed by atoms with Crippen LogP contribution in [0.25, 0.3) is 5.65 Å². The minimum atomic E-state index is 0.000566. The van der Waals surface area contributed by atoms with Crippen LogP contribution in [0.1, 0.15) is 16.8 Å². The molecule has 6 nitrogen and oxygen atoms in total. The largest absolute Gasteiger partial charge is 0.294 e. The maximum atomic E-state index is 12.3. The molecule has 4 rings (SSSR count). The van der Waals surface area contributed by atoms with Gasteiger partial charge in [-0.3, -0.25) is 14.8 Å². The van der Waals surface area contributed by atoms with Crippen LogP contribution in [0.4, 0.5) is 0 Å². The van der Waals surface area contributed by atoms with E-state index in [2.05, 4.69) is 44.5 Å². The van der Waals surface area contributed by atoms with E-state index in [0.29, 0.717) is 5.65 Å². The van der Waals surface area contributed by atoms with Crippen LogP contribution in [-0.4, -0.2) is 31.3 Å². The second-order valence-electron chi connectivity index (χ2n) is 5.37. The minimum absolute atomic E-state index is 0.000566. The van der Waals surface area contributed by atoms with Crippen LogP contribution in [0.3, 0.4) is 0 Å². The Bertz CT molecular complexity index is 836. The summed E-state index contributed by atoms with van der Waals surface area (Å²) in [5, 5.41) is 10.9. The van der Waals surface area contributed by atoms with Crippen LogP contribution in [-0.2, 0) is 19.5 Å². The highest BCUT2D eigenvalue weighted by molar-refractivity contribution is 5.41. The van der Waals surface area contributed by atoms with Gasteiger partial charge in [-0.2, -0.15) is 0 Å². The van der Waals surface area contributed by atoms with Crippen LogP contribution in [0, 0.1) is 0 Å². The highest BCUT2D eigenvalue weighted by Gasteiger charge is 2.21. The van der Waals surface area contributed by atoms with Gasteiger partial charge in [-0.1, -0.05) is 30.3 Å². The van der Waals surface area contributed by atoms with Gasteiger partial charge < -0.3 is 0 Å². The zero-order valence-electron chi connectivity index (χ0n) is 11.5. The summed E-state index contributed by atoms with van der Waals surface area (Å²) >= 11 is 0. The Hall–Kier alpha value is -2.47. The fourth-order valence-electron chi connectivity index (χ4n) is 2.90. The van der Waals surface area contributed by atoms with Gasteiger partial charge in [-0.15, -0.1) is 10.2 Å². The molecule has 3 aromatic rings. The number of aromatic nitrogens is 4. The molecule has 0 bridgehead atoms. The molecule has 2 aromatic heterocycles. The molecule has 0 saturated carbocycles. The Morgan fingerprint density at radius 2 is 2.10 bits per heavy atom. The number of rotatable bonds is 2. The normalized spacial score (nSPS) is 15.2. The number of hydrogen-bond acceptors (Lipinski definition) is 4. The minimum Gasteiger partial charge on any atom is -0.294 e. The third-order valence-electron chi connectivity index (χ3n) is 3.95. The van der Waals surface area contributed by atoms with Gasteiger partial charge in [0, 0.05) is 25.2 Å². The summed E-state index contributed by atoms with van der Waals surface area (Å²) in [6.45, 7) is 2.52. The van der Waals surface area contributed by atoms with Gasteiger partial charge in [0.05, 0.1) is 5.69 Å². The first-order chi connectivity index (χ1) is 10.3. The van der Waals surface area contributed by atoms with E-state index in [4.69, 9.17) is 0 Å². The highest BCUT2D eigenvalue weighted by Crippen LogP contribution is 2.16. The topological polar surface area (TPSA) is 66.3 Å². The van der Waals surface area contributed by atoms with E-state index < -0.39 is 0 Å². The van der Waals surface area contributed by atoms with Crippen molar-refractivity contribution in [3.05, 3.63) is 63.7 Å². The number of nitrogens with one attached hydrogen (secondary N) is 1. The first-order valence-corrected chi connectivity index (χ1v) is 7.01. The molecule has 0 radical (unpaired) electrons. The van der Waals surface area contributed by atoms with Crippen LogP contribution in [0.15, 0.2) is 41.5 Å². The van der Waals surface area contributed by atoms with Crippen molar-refractivity contribution in [3.63, 3.8) is 0 Å². The molecule has 0 fully saturated rings. The molecule has 0 aliphatic carbocycles. The predicted molar refractivity (Wildman–Crippen MR) is 77.9 cm³/mol. The number of aromatic amines is 1. The Morgan fingerprint density at radius 3 is 2.95 bits per heavy atom. The maximum Gasteiger partial charge on any atom is 0.230 e. The zero-order valence-corrected chi connectivity index (χ0v) is 11.5. The maximum absolute atomic E-state index is 12.3. The molecular weight excluding hydrogens is 266 g/mol. The summed E-state index contributed by atoms with van der Waals surface area (Å²) < 4.78 is 1.60.